The van der Waals surface area contributed by atoms with Crippen LogP contribution in [0.4, 0.5) is 5.69 Å². The van der Waals surface area contributed by atoms with E-state index in [1.165, 1.54) is 0 Å². The zero-order chi connectivity index (χ0) is 12.1. The van der Waals surface area contributed by atoms with E-state index in [1.54, 1.807) is 23.1 Å². The highest BCUT2D eigenvalue weighted by atomic mass is 35.5. The molecule has 0 spiro atoms. The fourth-order valence-electron chi connectivity index (χ4n) is 1.44. The second-order valence-electron chi connectivity index (χ2n) is 3.25. The monoisotopic (exact) mass is 260 g/mol. The highest BCUT2D eigenvalue weighted by Crippen LogP contribution is 2.32. The third-order valence-corrected chi connectivity index (χ3v) is 3.01. The van der Waals surface area contributed by atoms with Crippen LogP contribution in [0, 0.1) is 0 Å². The Bertz CT molecular complexity index is 382. The predicted octanol–water partition coefficient (Wildman–Crippen LogP) is 2.70. The first-order valence-corrected chi connectivity index (χ1v) is 5.81. The van der Waals surface area contributed by atoms with E-state index in [1.807, 2.05) is 6.92 Å². The highest BCUT2D eigenvalue weighted by molar-refractivity contribution is 6.44. The van der Waals surface area contributed by atoms with Gasteiger partial charge in [-0.15, -0.1) is 0 Å². The number of nitrogens with zero attached hydrogens (tertiary/aromatic N) is 1. The van der Waals surface area contributed by atoms with Gasteiger partial charge in [0.15, 0.2) is 0 Å². The van der Waals surface area contributed by atoms with E-state index in [-0.39, 0.29) is 5.91 Å². The minimum atomic E-state index is -0.0471. The molecule has 0 unspecified atom stereocenters. The molecule has 0 aromatic heterocycles. The molecule has 0 radical (unpaired) electrons. The zero-order valence-electron chi connectivity index (χ0n) is 9.04. The summed E-state index contributed by atoms with van der Waals surface area (Å²) in [7, 11) is 0. The normalized spacial score (nSPS) is 10.2. The SMILES string of the molecule is CCN(C(=O)CCN)c1cccc(Cl)c1Cl. The van der Waals surface area contributed by atoms with E-state index in [4.69, 9.17) is 28.9 Å². The molecule has 0 heterocycles. The average Bonchev–Trinajstić information content (AvgIpc) is 2.25. The molecule has 88 valence electrons. The molecule has 1 amide bonds. The maximum atomic E-state index is 11.8. The number of hydrogen-bond donors (Lipinski definition) is 1. The number of amides is 1. The van der Waals surface area contributed by atoms with E-state index in [9.17, 15) is 4.79 Å². The second-order valence-corrected chi connectivity index (χ2v) is 4.03. The van der Waals surface area contributed by atoms with Crippen molar-refractivity contribution < 1.29 is 4.79 Å². The molecular weight excluding hydrogens is 247 g/mol. The summed E-state index contributed by atoms with van der Waals surface area (Å²) in [5, 5.41) is 0.842. The number of carbonyl (C=O) groups excluding carboxylic acids is 1. The zero-order valence-corrected chi connectivity index (χ0v) is 10.6. The topological polar surface area (TPSA) is 46.3 Å². The molecule has 0 saturated carbocycles. The first-order chi connectivity index (χ1) is 7.61. The second kappa shape index (κ2) is 6.09. The maximum Gasteiger partial charge on any atom is 0.228 e. The Morgan fingerprint density at radius 2 is 2.12 bits per heavy atom. The summed E-state index contributed by atoms with van der Waals surface area (Å²) < 4.78 is 0. The number of nitrogens with two attached hydrogens (primary N) is 1. The molecule has 0 aliphatic rings. The van der Waals surface area contributed by atoms with Crippen LogP contribution in [0.5, 0.6) is 0 Å². The Balaban J connectivity index is 3.04. The minimum Gasteiger partial charge on any atom is -0.330 e. The predicted molar refractivity (Wildman–Crippen MR) is 68.2 cm³/mol. The lowest BCUT2D eigenvalue weighted by Gasteiger charge is -2.22. The van der Waals surface area contributed by atoms with Crippen molar-refractivity contribution in [3.8, 4) is 0 Å². The number of hydrogen-bond acceptors (Lipinski definition) is 2. The van der Waals surface area contributed by atoms with Gasteiger partial charge in [0.1, 0.15) is 0 Å². The van der Waals surface area contributed by atoms with Crippen LogP contribution < -0.4 is 10.6 Å². The summed E-state index contributed by atoms with van der Waals surface area (Å²) in [6.07, 6.45) is 0.302. The molecular formula is C11H14Cl2N2O. The lowest BCUT2D eigenvalue weighted by Crippen LogP contribution is -2.32. The van der Waals surface area contributed by atoms with Gasteiger partial charge < -0.3 is 10.6 Å². The molecule has 0 saturated heterocycles. The maximum absolute atomic E-state index is 11.8. The first kappa shape index (κ1) is 13.3. The van der Waals surface area contributed by atoms with Crippen molar-refractivity contribution in [1.82, 2.24) is 0 Å². The lowest BCUT2D eigenvalue weighted by molar-refractivity contribution is -0.118. The van der Waals surface area contributed by atoms with Crippen LogP contribution in [0.3, 0.4) is 0 Å². The van der Waals surface area contributed by atoms with Gasteiger partial charge in [0.05, 0.1) is 15.7 Å². The smallest absolute Gasteiger partial charge is 0.228 e. The molecule has 3 nitrogen and oxygen atoms in total. The molecule has 0 fully saturated rings. The molecule has 0 aliphatic heterocycles. The summed E-state index contributed by atoms with van der Waals surface area (Å²) in [6.45, 7) is 2.75. The quantitative estimate of drug-likeness (QED) is 0.905. The Morgan fingerprint density at radius 3 is 2.69 bits per heavy atom. The molecule has 1 rings (SSSR count). The van der Waals surface area contributed by atoms with Crippen molar-refractivity contribution in [2.75, 3.05) is 18.0 Å². The summed E-state index contributed by atoms with van der Waals surface area (Å²) >= 11 is 12.0. The van der Waals surface area contributed by atoms with Crippen LogP contribution in [0.1, 0.15) is 13.3 Å². The molecule has 2 N–H and O–H groups in total. The average molecular weight is 261 g/mol. The van der Waals surface area contributed by atoms with Gasteiger partial charge in [0.2, 0.25) is 5.91 Å². The van der Waals surface area contributed by atoms with Crippen LogP contribution in [0.25, 0.3) is 0 Å². The van der Waals surface area contributed by atoms with Gasteiger partial charge in [-0.25, -0.2) is 0 Å². The summed E-state index contributed by atoms with van der Waals surface area (Å²) in [6, 6.07) is 5.22. The van der Waals surface area contributed by atoms with Gasteiger partial charge >= 0.3 is 0 Å². The van der Waals surface area contributed by atoms with E-state index >= 15 is 0 Å². The van der Waals surface area contributed by atoms with Crippen LogP contribution >= 0.6 is 23.2 Å². The number of anilines is 1. The molecule has 1 aromatic rings. The number of carbonyl (C=O) groups is 1. The Morgan fingerprint density at radius 1 is 1.44 bits per heavy atom. The van der Waals surface area contributed by atoms with Gasteiger partial charge in [-0.2, -0.15) is 0 Å². The summed E-state index contributed by atoms with van der Waals surface area (Å²) in [5.41, 5.74) is 6.00. The Hall–Kier alpha value is -0.770. The van der Waals surface area contributed by atoms with Crippen molar-refractivity contribution in [3.05, 3.63) is 28.2 Å². The van der Waals surface area contributed by atoms with Crippen molar-refractivity contribution in [1.29, 1.82) is 0 Å². The van der Waals surface area contributed by atoms with Gasteiger partial charge in [-0.1, -0.05) is 29.3 Å². The van der Waals surface area contributed by atoms with E-state index in [0.29, 0.717) is 35.2 Å². The fraction of sp³-hybridized carbons (Fsp3) is 0.364. The summed E-state index contributed by atoms with van der Waals surface area (Å²) in [5.74, 6) is -0.0471. The molecule has 0 aliphatic carbocycles. The summed E-state index contributed by atoms with van der Waals surface area (Å²) in [4.78, 5) is 13.4. The van der Waals surface area contributed by atoms with Crippen LogP contribution in [-0.4, -0.2) is 19.0 Å². The Kier molecular flexibility index (Phi) is 5.06. The third kappa shape index (κ3) is 2.88. The van der Waals surface area contributed by atoms with E-state index < -0.39 is 0 Å². The van der Waals surface area contributed by atoms with Crippen LogP contribution in [0.2, 0.25) is 10.0 Å². The van der Waals surface area contributed by atoms with E-state index in [2.05, 4.69) is 0 Å². The van der Waals surface area contributed by atoms with Gasteiger partial charge in [-0.3, -0.25) is 4.79 Å². The number of halogens is 2. The number of rotatable bonds is 4. The van der Waals surface area contributed by atoms with Crippen molar-refractivity contribution in [2.24, 2.45) is 5.73 Å². The third-order valence-electron chi connectivity index (χ3n) is 2.20. The Labute approximate surface area is 105 Å². The number of benzene rings is 1. The lowest BCUT2D eigenvalue weighted by atomic mass is 10.2. The van der Waals surface area contributed by atoms with Gasteiger partial charge in [0.25, 0.3) is 0 Å². The minimum absolute atomic E-state index is 0.0471. The highest BCUT2D eigenvalue weighted by Gasteiger charge is 2.16. The van der Waals surface area contributed by atoms with E-state index in [0.717, 1.165) is 0 Å². The van der Waals surface area contributed by atoms with Crippen molar-refractivity contribution >= 4 is 34.8 Å². The first-order valence-electron chi connectivity index (χ1n) is 5.06. The molecule has 0 bridgehead atoms. The molecule has 0 atom stereocenters. The van der Waals surface area contributed by atoms with Crippen LogP contribution in [-0.2, 0) is 4.79 Å². The van der Waals surface area contributed by atoms with Gasteiger partial charge in [0, 0.05) is 19.5 Å². The van der Waals surface area contributed by atoms with Crippen molar-refractivity contribution in [2.45, 2.75) is 13.3 Å². The fourth-order valence-corrected chi connectivity index (χ4v) is 1.84. The molecule has 1 aromatic carbocycles. The van der Waals surface area contributed by atoms with Crippen LogP contribution in [0.15, 0.2) is 18.2 Å². The molecule has 16 heavy (non-hydrogen) atoms. The van der Waals surface area contributed by atoms with Gasteiger partial charge in [-0.05, 0) is 19.1 Å². The molecule has 5 heteroatoms. The largest absolute Gasteiger partial charge is 0.330 e. The van der Waals surface area contributed by atoms with Crippen molar-refractivity contribution in [3.63, 3.8) is 0 Å². The standard InChI is InChI=1S/C11H14Cl2N2O/c1-2-15(10(16)6-7-14)9-5-3-4-8(12)11(9)13/h3-5H,2,6-7,14H2,1H3.